The van der Waals surface area contributed by atoms with E-state index in [0.717, 1.165) is 61.6 Å². The Labute approximate surface area is 257 Å². The highest BCUT2D eigenvalue weighted by molar-refractivity contribution is 7.12. The second-order valence-electron chi connectivity index (χ2n) is 10.1. The number of hydrogen-bond acceptors (Lipinski definition) is 7. The lowest BCUT2D eigenvalue weighted by Crippen LogP contribution is -2.33. The third-order valence-corrected chi connectivity index (χ3v) is 9.61. The summed E-state index contributed by atoms with van der Waals surface area (Å²) in [5, 5.41) is 15.3. The van der Waals surface area contributed by atoms with Gasteiger partial charge in [0.05, 0.1) is 6.04 Å². The highest BCUT2D eigenvalue weighted by Crippen LogP contribution is 2.24. The minimum Gasteiger partial charge on any atom is -0.354 e. The molecule has 12 heteroatoms. The van der Waals surface area contributed by atoms with Crippen molar-refractivity contribution in [2.45, 2.75) is 57.0 Å². The molecule has 216 valence electrons. The molecule has 1 atom stereocenters. The molecule has 1 amide bonds. The SMILES string of the molecule is Cn1nc(-c2ccc(Cl)cc2)sc1=NC1CCCC1.Cn1nc(-c2ccc(Cl)cc2)sc1=NC1CCCCNC1=O. The standard InChI is InChI=1S/C15H17ClN4OS.C14H16ClN3S/c1-20-15(18-12-4-2-3-9-17-13(12)21)22-14(19-20)10-5-7-11(16)8-6-10;1-18-14(16-12-4-2-3-5-12)19-13(17-18)10-6-8-11(15)9-7-10/h5-8,12H,2-4,9H2,1H3,(H,17,21);6-9,12H,2-5H2,1H3. The summed E-state index contributed by atoms with van der Waals surface area (Å²) in [6.07, 6.45) is 7.87. The minimum atomic E-state index is -0.313. The molecule has 8 nitrogen and oxygen atoms in total. The van der Waals surface area contributed by atoms with Crippen LogP contribution in [0.15, 0.2) is 58.5 Å². The maximum absolute atomic E-state index is 12.0. The van der Waals surface area contributed by atoms with E-state index in [1.54, 1.807) is 16.0 Å². The van der Waals surface area contributed by atoms with Gasteiger partial charge >= 0.3 is 0 Å². The van der Waals surface area contributed by atoms with Crippen LogP contribution in [0.5, 0.6) is 0 Å². The first-order valence-electron chi connectivity index (χ1n) is 13.8. The lowest BCUT2D eigenvalue weighted by Gasteiger charge is -2.06. The Morgan fingerprint density at radius 3 is 1.78 bits per heavy atom. The number of benzene rings is 2. The van der Waals surface area contributed by atoms with E-state index < -0.39 is 0 Å². The number of amides is 1. The maximum Gasteiger partial charge on any atom is 0.244 e. The zero-order valence-corrected chi connectivity index (χ0v) is 26.2. The predicted molar refractivity (Wildman–Crippen MR) is 167 cm³/mol. The zero-order valence-electron chi connectivity index (χ0n) is 23.1. The van der Waals surface area contributed by atoms with Gasteiger partial charge in [0.1, 0.15) is 16.1 Å². The molecule has 2 aromatic carbocycles. The van der Waals surface area contributed by atoms with Gasteiger partial charge in [0.25, 0.3) is 0 Å². The predicted octanol–water partition coefficient (Wildman–Crippen LogP) is 6.02. The normalized spacial score (nSPS) is 18.6. The van der Waals surface area contributed by atoms with Crippen LogP contribution in [0.4, 0.5) is 0 Å². The third kappa shape index (κ3) is 7.94. The highest BCUT2D eigenvalue weighted by atomic mass is 35.5. The van der Waals surface area contributed by atoms with Gasteiger partial charge in [-0.05, 0) is 56.4 Å². The monoisotopic (exact) mass is 629 g/mol. The molecule has 0 bridgehead atoms. The van der Waals surface area contributed by atoms with Crippen LogP contribution >= 0.6 is 45.9 Å². The van der Waals surface area contributed by atoms with Crippen molar-refractivity contribution in [1.82, 2.24) is 24.9 Å². The van der Waals surface area contributed by atoms with Crippen molar-refractivity contribution in [1.29, 1.82) is 0 Å². The van der Waals surface area contributed by atoms with E-state index in [1.807, 2.05) is 67.3 Å². The summed E-state index contributed by atoms with van der Waals surface area (Å²) >= 11 is 14.9. The molecule has 1 unspecified atom stereocenters. The zero-order chi connectivity index (χ0) is 28.8. The van der Waals surface area contributed by atoms with Crippen molar-refractivity contribution in [3.05, 3.63) is 68.2 Å². The number of nitrogens with one attached hydrogen (secondary N) is 1. The van der Waals surface area contributed by atoms with E-state index in [2.05, 4.69) is 20.5 Å². The van der Waals surface area contributed by atoms with Crippen molar-refractivity contribution in [3.63, 3.8) is 0 Å². The van der Waals surface area contributed by atoms with Crippen molar-refractivity contribution in [2.24, 2.45) is 24.1 Å². The van der Waals surface area contributed by atoms with E-state index in [1.165, 1.54) is 37.0 Å². The molecule has 3 heterocycles. The molecular weight excluding hydrogens is 597 g/mol. The lowest BCUT2D eigenvalue weighted by molar-refractivity contribution is -0.122. The molecule has 4 aromatic rings. The second kappa shape index (κ2) is 13.9. The van der Waals surface area contributed by atoms with Crippen LogP contribution in [0.2, 0.25) is 10.0 Å². The first kappa shape index (κ1) is 29.7. The summed E-state index contributed by atoms with van der Waals surface area (Å²) in [6.45, 7) is 0.746. The van der Waals surface area contributed by atoms with Gasteiger partial charge in [-0.3, -0.25) is 9.79 Å². The van der Waals surface area contributed by atoms with Crippen molar-refractivity contribution in [2.75, 3.05) is 6.54 Å². The smallest absolute Gasteiger partial charge is 0.244 e. The summed E-state index contributed by atoms with van der Waals surface area (Å²) in [4.78, 5) is 23.2. The van der Waals surface area contributed by atoms with Crippen molar-refractivity contribution >= 4 is 51.8 Å². The molecule has 2 aliphatic rings. The Morgan fingerprint density at radius 1 is 0.756 bits per heavy atom. The first-order chi connectivity index (χ1) is 19.9. The Bertz CT molecular complexity index is 1600. The van der Waals surface area contributed by atoms with Crippen LogP contribution < -0.4 is 14.9 Å². The molecule has 1 aliphatic heterocycles. The Balaban J connectivity index is 0.000000166. The first-order valence-corrected chi connectivity index (χ1v) is 16.2. The summed E-state index contributed by atoms with van der Waals surface area (Å²) in [6, 6.07) is 15.5. The third-order valence-electron chi connectivity index (χ3n) is 6.98. The number of carbonyl (C=O) groups is 1. The molecule has 1 saturated heterocycles. The molecule has 1 N–H and O–H groups in total. The van der Waals surface area contributed by atoms with Crippen molar-refractivity contribution < 1.29 is 4.79 Å². The lowest BCUT2D eigenvalue weighted by atomic mass is 10.1. The fourth-order valence-corrected chi connectivity index (χ4v) is 6.87. The Morgan fingerprint density at radius 2 is 1.24 bits per heavy atom. The molecular formula is C29H33Cl2N7OS2. The summed E-state index contributed by atoms with van der Waals surface area (Å²) in [5.41, 5.74) is 2.09. The van der Waals surface area contributed by atoms with Crippen LogP contribution in [-0.2, 0) is 18.9 Å². The Hall–Kier alpha value is -2.79. The molecule has 41 heavy (non-hydrogen) atoms. The second-order valence-corrected chi connectivity index (χ2v) is 12.9. The number of aromatic nitrogens is 4. The van der Waals surface area contributed by atoms with Crippen LogP contribution in [0.1, 0.15) is 44.9 Å². The Kier molecular flexibility index (Phi) is 10.1. The average molecular weight is 631 g/mol. The van der Waals surface area contributed by atoms with Gasteiger partial charge in [-0.2, -0.15) is 10.2 Å². The fraction of sp³-hybridized carbons (Fsp3) is 0.414. The van der Waals surface area contributed by atoms with Crippen LogP contribution in [-0.4, -0.2) is 44.1 Å². The number of aryl methyl sites for hydroxylation is 2. The molecule has 0 spiro atoms. The van der Waals surface area contributed by atoms with E-state index in [4.69, 9.17) is 28.2 Å². The summed E-state index contributed by atoms with van der Waals surface area (Å²) in [5.74, 6) is 0.0129. The molecule has 0 radical (unpaired) electrons. The van der Waals surface area contributed by atoms with E-state index in [-0.39, 0.29) is 11.9 Å². The van der Waals surface area contributed by atoms with E-state index in [9.17, 15) is 4.79 Å². The summed E-state index contributed by atoms with van der Waals surface area (Å²) < 4.78 is 3.61. The number of carbonyl (C=O) groups excluding carboxylic acids is 1. The number of halogens is 2. The minimum absolute atomic E-state index is 0.0129. The summed E-state index contributed by atoms with van der Waals surface area (Å²) in [7, 11) is 3.81. The van der Waals surface area contributed by atoms with E-state index in [0.29, 0.717) is 11.1 Å². The van der Waals surface area contributed by atoms with Gasteiger partial charge in [0.2, 0.25) is 15.5 Å². The van der Waals surface area contributed by atoms with Crippen molar-refractivity contribution in [3.8, 4) is 21.1 Å². The average Bonchev–Trinajstić information content (AvgIpc) is 3.67. The van der Waals surface area contributed by atoms with Gasteiger partial charge in [-0.15, -0.1) is 0 Å². The van der Waals surface area contributed by atoms with Gasteiger partial charge < -0.3 is 5.32 Å². The van der Waals surface area contributed by atoms with Crippen LogP contribution in [0.25, 0.3) is 21.1 Å². The number of hydrogen-bond donors (Lipinski definition) is 1. The fourth-order valence-electron chi connectivity index (χ4n) is 4.71. The number of nitrogens with zero attached hydrogens (tertiary/aromatic N) is 6. The highest BCUT2D eigenvalue weighted by Gasteiger charge is 2.20. The van der Waals surface area contributed by atoms with Gasteiger partial charge in [0, 0.05) is 41.8 Å². The molecule has 1 aliphatic carbocycles. The quantitative estimate of drug-likeness (QED) is 0.299. The molecule has 2 aromatic heterocycles. The van der Waals surface area contributed by atoms with Gasteiger partial charge in [-0.25, -0.2) is 14.4 Å². The van der Waals surface area contributed by atoms with E-state index >= 15 is 0 Å². The van der Waals surface area contributed by atoms with Crippen LogP contribution in [0.3, 0.4) is 0 Å². The van der Waals surface area contributed by atoms with Crippen LogP contribution in [0, 0.1) is 0 Å². The largest absolute Gasteiger partial charge is 0.354 e. The van der Waals surface area contributed by atoms with Gasteiger partial charge in [-0.1, -0.05) is 83.0 Å². The maximum atomic E-state index is 12.0. The number of rotatable bonds is 4. The topological polar surface area (TPSA) is 89.5 Å². The van der Waals surface area contributed by atoms with Gasteiger partial charge in [0.15, 0.2) is 0 Å². The molecule has 6 rings (SSSR count). The molecule has 2 fully saturated rings. The molecule has 1 saturated carbocycles.